The molecule has 2 unspecified atom stereocenters. The van der Waals surface area contributed by atoms with Gasteiger partial charge in [0.2, 0.25) is 0 Å². The molecule has 0 aromatic rings. The Morgan fingerprint density at radius 3 is 1.93 bits per heavy atom. The maximum atomic E-state index is 9.83. The third kappa shape index (κ3) is 5.52. The highest BCUT2D eigenvalue weighted by Crippen LogP contribution is 2.50. The maximum absolute atomic E-state index is 9.83. The quantitative estimate of drug-likeness (QED) is 0.441. The topological polar surface area (TPSA) is 23.8 Å². The lowest BCUT2D eigenvalue weighted by Gasteiger charge is -2.43. The highest BCUT2D eigenvalue weighted by atomic mass is 14.5. The summed E-state index contributed by atoms with van der Waals surface area (Å²) >= 11 is 0. The molecule has 1 nitrogen and oxygen atoms in total. The number of hydrogen-bond acceptors (Lipinski definition) is 1. The molecule has 0 amide bonds. The second-order valence-electron chi connectivity index (χ2n) is 10.6. The Morgan fingerprint density at radius 2 is 1.37 bits per heavy atom. The molecule has 0 heterocycles. The van der Waals surface area contributed by atoms with E-state index >= 15 is 0 Å². The van der Waals surface area contributed by atoms with Crippen LogP contribution in [0.25, 0.3) is 0 Å². The van der Waals surface area contributed by atoms with Crippen molar-refractivity contribution < 1.29 is 0 Å². The minimum Gasteiger partial charge on any atom is -0.198 e. The van der Waals surface area contributed by atoms with Crippen LogP contribution in [0.15, 0.2) is 0 Å². The van der Waals surface area contributed by atoms with Crippen molar-refractivity contribution in [2.45, 2.75) is 123 Å². The zero-order valence-corrected chi connectivity index (χ0v) is 18.4. The second kappa shape index (κ2) is 10.3. The van der Waals surface area contributed by atoms with E-state index < -0.39 is 0 Å². The van der Waals surface area contributed by atoms with Crippen LogP contribution < -0.4 is 0 Å². The van der Waals surface area contributed by atoms with Crippen LogP contribution in [0.5, 0.6) is 0 Å². The molecule has 0 saturated heterocycles. The van der Waals surface area contributed by atoms with Crippen molar-refractivity contribution >= 4 is 0 Å². The van der Waals surface area contributed by atoms with Gasteiger partial charge in [0.05, 0.1) is 11.5 Å². The summed E-state index contributed by atoms with van der Waals surface area (Å²) in [5.41, 5.74) is 0.0331. The number of unbranched alkanes of at least 4 members (excludes halogenated alkanes) is 1. The minimum atomic E-state index is 0.0331. The summed E-state index contributed by atoms with van der Waals surface area (Å²) in [7, 11) is 0. The first kappa shape index (κ1) is 21.2. The predicted octanol–water partition coefficient (Wildman–Crippen LogP) is 8.29. The molecular formula is C26H45N. The van der Waals surface area contributed by atoms with Gasteiger partial charge in [-0.15, -0.1) is 0 Å². The molecule has 0 bridgehead atoms. The first-order chi connectivity index (χ1) is 13.2. The predicted molar refractivity (Wildman–Crippen MR) is 115 cm³/mol. The monoisotopic (exact) mass is 371 g/mol. The fraction of sp³-hybridized carbons (Fsp3) is 0.962. The number of hydrogen-bond donors (Lipinski definition) is 0. The Bertz CT molecular complexity index is 457. The molecule has 0 aromatic carbocycles. The van der Waals surface area contributed by atoms with E-state index in [0.29, 0.717) is 0 Å². The van der Waals surface area contributed by atoms with Crippen molar-refractivity contribution in [1.82, 2.24) is 0 Å². The molecule has 0 radical (unpaired) electrons. The van der Waals surface area contributed by atoms with Crippen molar-refractivity contribution in [3.05, 3.63) is 0 Å². The lowest BCUT2D eigenvalue weighted by Crippen LogP contribution is -2.34. The van der Waals surface area contributed by atoms with Crippen LogP contribution in [-0.2, 0) is 0 Å². The first-order valence-electron chi connectivity index (χ1n) is 12.6. The summed E-state index contributed by atoms with van der Waals surface area (Å²) in [6.07, 6.45) is 23.8. The van der Waals surface area contributed by atoms with E-state index in [2.05, 4.69) is 19.9 Å². The molecule has 3 rings (SSSR count). The van der Waals surface area contributed by atoms with E-state index in [4.69, 9.17) is 0 Å². The van der Waals surface area contributed by atoms with Crippen molar-refractivity contribution in [2.75, 3.05) is 0 Å². The van der Waals surface area contributed by atoms with Gasteiger partial charge in [-0.1, -0.05) is 65.2 Å². The summed E-state index contributed by atoms with van der Waals surface area (Å²) < 4.78 is 0. The van der Waals surface area contributed by atoms with Gasteiger partial charge in [0.1, 0.15) is 0 Å². The van der Waals surface area contributed by atoms with E-state index in [1.54, 1.807) is 0 Å². The Morgan fingerprint density at radius 1 is 0.778 bits per heavy atom. The van der Waals surface area contributed by atoms with Gasteiger partial charge in [0.25, 0.3) is 0 Å². The third-order valence-corrected chi connectivity index (χ3v) is 8.86. The van der Waals surface area contributed by atoms with Gasteiger partial charge in [-0.05, 0) is 87.4 Å². The normalized spacial score (nSPS) is 40.4. The van der Waals surface area contributed by atoms with Gasteiger partial charge in [0, 0.05) is 0 Å². The molecule has 3 fully saturated rings. The number of rotatable bonds is 7. The van der Waals surface area contributed by atoms with E-state index in [1.165, 1.54) is 103 Å². The van der Waals surface area contributed by atoms with Crippen molar-refractivity contribution in [3.63, 3.8) is 0 Å². The molecule has 0 aliphatic heterocycles. The summed E-state index contributed by atoms with van der Waals surface area (Å²) in [4.78, 5) is 0. The molecule has 27 heavy (non-hydrogen) atoms. The molecule has 3 aliphatic rings. The summed E-state index contributed by atoms with van der Waals surface area (Å²) in [6.45, 7) is 4.59. The highest BCUT2D eigenvalue weighted by Gasteiger charge is 2.40. The maximum Gasteiger partial charge on any atom is 0.0689 e. The molecule has 3 saturated carbocycles. The van der Waals surface area contributed by atoms with Crippen LogP contribution in [-0.4, -0.2) is 0 Å². The number of nitriles is 1. The molecule has 0 aromatic heterocycles. The van der Waals surface area contributed by atoms with Crippen LogP contribution in [0.1, 0.15) is 123 Å². The van der Waals surface area contributed by atoms with E-state index in [-0.39, 0.29) is 5.41 Å². The van der Waals surface area contributed by atoms with Gasteiger partial charge in [-0.3, -0.25) is 0 Å². The molecule has 0 spiro atoms. The first-order valence-corrected chi connectivity index (χ1v) is 12.6. The van der Waals surface area contributed by atoms with Gasteiger partial charge < -0.3 is 0 Å². The van der Waals surface area contributed by atoms with Crippen LogP contribution in [0.4, 0.5) is 0 Å². The summed E-state index contributed by atoms with van der Waals surface area (Å²) in [5, 5.41) is 9.83. The molecule has 1 heteroatoms. The van der Waals surface area contributed by atoms with Gasteiger partial charge in [-0.2, -0.15) is 5.26 Å². The molecule has 0 N–H and O–H groups in total. The van der Waals surface area contributed by atoms with Crippen molar-refractivity contribution in [3.8, 4) is 6.07 Å². The zero-order chi connectivity index (χ0) is 19.1. The molecular weight excluding hydrogens is 326 g/mol. The minimum absolute atomic E-state index is 0.0331. The Hall–Kier alpha value is -0.510. The smallest absolute Gasteiger partial charge is 0.0689 e. The average Bonchev–Trinajstić information content (AvgIpc) is 2.73. The van der Waals surface area contributed by atoms with Crippen molar-refractivity contribution in [2.24, 2.45) is 35.0 Å². The highest BCUT2D eigenvalue weighted by molar-refractivity contribution is 5.03. The van der Waals surface area contributed by atoms with Crippen LogP contribution >= 0.6 is 0 Å². The van der Waals surface area contributed by atoms with Gasteiger partial charge in [-0.25, -0.2) is 0 Å². The standard InChI is InChI=1S/C26H45N/c1-3-5-7-21-9-11-22(12-10-21)23-13-15-24(16-14-23)25-8-6-18-26(19-25,20-27)17-4-2/h21-25H,3-19H2,1-2H3. The number of nitrogens with zero attached hydrogens (tertiary/aromatic N) is 1. The Balaban J connectivity index is 1.43. The fourth-order valence-corrected chi connectivity index (χ4v) is 7.20. The molecule has 154 valence electrons. The largest absolute Gasteiger partial charge is 0.198 e. The average molecular weight is 372 g/mol. The lowest BCUT2D eigenvalue weighted by molar-refractivity contribution is 0.0820. The second-order valence-corrected chi connectivity index (χ2v) is 10.6. The molecule has 3 aliphatic carbocycles. The summed E-state index contributed by atoms with van der Waals surface area (Å²) in [5.74, 6) is 4.93. The van der Waals surface area contributed by atoms with E-state index in [9.17, 15) is 5.26 Å². The summed E-state index contributed by atoms with van der Waals surface area (Å²) in [6, 6.07) is 2.77. The van der Waals surface area contributed by atoms with E-state index in [1.807, 2.05) is 0 Å². The SMILES string of the molecule is CCCCC1CCC(C2CCC(C3CCCC(C#N)(CCC)C3)CC2)CC1. The lowest BCUT2D eigenvalue weighted by atomic mass is 9.61. The van der Waals surface area contributed by atoms with Gasteiger partial charge in [0.15, 0.2) is 0 Å². The third-order valence-electron chi connectivity index (χ3n) is 8.86. The fourth-order valence-electron chi connectivity index (χ4n) is 7.20. The Labute approximate surface area is 169 Å². The van der Waals surface area contributed by atoms with Crippen LogP contribution in [0.2, 0.25) is 0 Å². The van der Waals surface area contributed by atoms with E-state index in [0.717, 1.165) is 36.0 Å². The zero-order valence-electron chi connectivity index (χ0n) is 18.4. The van der Waals surface area contributed by atoms with Crippen LogP contribution in [0.3, 0.4) is 0 Å². The van der Waals surface area contributed by atoms with Crippen molar-refractivity contribution in [1.29, 1.82) is 5.26 Å². The van der Waals surface area contributed by atoms with Crippen LogP contribution in [0, 0.1) is 46.3 Å². The van der Waals surface area contributed by atoms with Gasteiger partial charge >= 0.3 is 0 Å². The Kier molecular flexibility index (Phi) is 8.10. The molecule has 2 atom stereocenters.